The van der Waals surface area contributed by atoms with Crippen molar-refractivity contribution in [3.05, 3.63) is 35.4 Å². The Balaban J connectivity index is 2.28. The third kappa shape index (κ3) is 11.6. The summed E-state index contributed by atoms with van der Waals surface area (Å²) < 4.78 is 0. The smallest absolute Gasteiger partial charge is 0.00914 e. The number of nitrogens with one attached hydrogen (secondary N) is 2. The Hall–Kier alpha value is -1.02. The van der Waals surface area contributed by atoms with Crippen LogP contribution < -0.4 is 33.6 Å². The Bertz CT molecular complexity index is 416. The normalized spacial score (nSPS) is 13.7. The van der Waals surface area contributed by atoms with Crippen molar-refractivity contribution in [3.8, 4) is 0 Å². The molecule has 2 unspecified atom stereocenters. The topological polar surface area (TPSA) is 128 Å². The molecular weight excluding hydrogens is 324 g/mol. The molecule has 1 rings (SSSR count). The van der Waals surface area contributed by atoms with Gasteiger partial charge in [0.05, 0.1) is 0 Å². The maximum atomic E-state index is 6.27. The van der Waals surface area contributed by atoms with Crippen molar-refractivity contribution >= 4 is 0 Å². The highest BCUT2D eigenvalue weighted by Crippen LogP contribution is 2.11. The summed E-state index contributed by atoms with van der Waals surface area (Å²) >= 11 is 0. The van der Waals surface area contributed by atoms with Gasteiger partial charge in [0, 0.05) is 12.1 Å². The third-order valence-corrected chi connectivity index (χ3v) is 4.49. The minimum atomic E-state index is 0.177. The molecule has 1 aromatic rings. The van der Waals surface area contributed by atoms with Crippen molar-refractivity contribution in [1.82, 2.24) is 10.6 Å². The van der Waals surface area contributed by atoms with Crippen LogP contribution in [0.25, 0.3) is 0 Å². The molecule has 0 heterocycles. The van der Waals surface area contributed by atoms with E-state index in [4.69, 9.17) is 22.9 Å². The molecular formula is C20H40N6. The zero-order valence-corrected chi connectivity index (χ0v) is 16.3. The molecule has 2 atom stereocenters. The summed E-state index contributed by atoms with van der Waals surface area (Å²) in [4.78, 5) is 0. The number of nitrogens with two attached hydrogens (primary N) is 4. The molecule has 0 aliphatic rings. The highest BCUT2D eigenvalue weighted by atomic mass is 14.9. The molecule has 0 amide bonds. The van der Waals surface area contributed by atoms with E-state index in [1.807, 2.05) is 0 Å². The summed E-state index contributed by atoms with van der Waals surface area (Å²) in [6, 6.07) is 9.04. The van der Waals surface area contributed by atoms with Crippen LogP contribution >= 0.6 is 0 Å². The molecule has 0 saturated carbocycles. The Morgan fingerprint density at radius 3 is 1.62 bits per heavy atom. The van der Waals surface area contributed by atoms with Gasteiger partial charge in [-0.05, 0) is 88.9 Å². The molecule has 6 heteroatoms. The largest absolute Gasteiger partial charge is 0.330 e. The van der Waals surface area contributed by atoms with E-state index in [-0.39, 0.29) is 12.1 Å². The molecule has 0 aliphatic heterocycles. The molecule has 0 spiro atoms. The molecule has 26 heavy (non-hydrogen) atoms. The fourth-order valence-corrected chi connectivity index (χ4v) is 2.97. The molecule has 0 aliphatic carbocycles. The standard InChI is InChI=1S/C20H40N6/c21-8-2-10-25-12-6-19(23)15-17-4-1-5-18(14-17)16-20(24)7-13-26-11-3-9-22/h1,4-5,14,19-20,25-26H,2-3,6-13,15-16,21-24H2. The summed E-state index contributed by atoms with van der Waals surface area (Å²) in [6.45, 7) is 5.30. The first-order chi connectivity index (χ1) is 12.7. The van der Waals surface area contributed by atoms with Gasteiger partial charge >= 0.3 is 0 Å². The summed E-state index contributed by atoms with van der Waals surface area (Å²) in [7, 11) is 0. The fraction of sp³-hybridized carbons (Fsp3) is 0.700. The summed E-state index contributed by atoms with van der Waals surface area (Å²) in [5.74, 6) is 0. The van der Waals surface area contributed by atoms with Crippen LogP contribution in [0, 0.1) is 0 Å². The summed E-state index contributed by atoms with van der Waals surface area (Å²) in [6.07, 6.45) is 5.79. The van der Waals surface area contributed by atoms with Gasteiger partial charge in [0.2, 0.25) is 0 Å². The van der Waals surface area contributed by atoms with Crippen LogP contribution in [0.15, 0.2) is 24.3 Å². The minimum Gasteiger partial charge on any atom is -0.330 e. The zero-order chi connectivity index (χ0) is 19.0. The second kappa shape index (κ2) is 15.1. The lowest BCUT2D eigenvalue weighted by Crippen LogP contribution is -2.30. The first kappa shape index (κ1) is 23.0. The van der Waals surface area contributed by atoms with Gasteiger partial charge in [-0.15, -0.1) is 0 Å². The zero-order valence-electron chi connectivity index (χ0n) is 16.3. The van der Waals surface area contributed by atoms with Gasteiger partial charge in [-0.3, -0.25) is 0 Å². The van der Waals surface area contributed by atoms with Crippen LogP contribution in [-0.2, 0) is 12.8 Å². The van der Waals surface area contributed by atoms with E-state index in [2.05, 4.69) is 34.9 Å². The van der Waals surface area contributed by atoms with Crippen LogP contribution in [0.3, 0.4) is 0 Å². The highest BCUT2D eigenvalue weighted by molar-refractivity contribution is 5.25. The lowest BCUT2D eigenvalue weighted by atomic mass is 9.98. The lowest BCUT2D eigenvalue weighted by molar-refractivity contribution is 0.549. The van der Waals surface area contributed by atoms with Crippen LogP contribution in [0.4, 0.5) is 0 Å². The van der Waals surface area contributed by atoms with Crippen LogP contribution in [0.1, 0.15) is 36.8 Å². The van der Waals surface area contributed by atoms with E-state index in [1.54, 1.807) is 0 Å². The van der Waals surface area contributed by atoms with Gasteiger partial charge in [0.25, 0.3) is 0 Å². The van der Waals surface area contributed by atoms with Crippen molar-refractivity contribution in [2.75, 3.05) is 39.3 Å². The van der Waals surface area contributed by atoms with E-state index in [9.17, 15) is 0 Å². The molecule has 6 nitrogen and oxygen atoms in total. The maximum Gasteiger partial charge on any atom is 0.00914 e. The van der Waals surface area contributed by atoms with Gasteiger partial charge in [0.1, 0.15) is 0 Å². The minimum absolute atomic E-state index is 0.177. The Kier molecular flexibility index (Phi) is 13.4. The van der Waals surface area contributed by atoms with E-state index in [0.29, 0.717) is 0 Å². The molecule has 150 valence electrons. The van der Waals surface area contributed by atoms with Crippen LogP contribution in [0.5, 0.6) is 0 Å². The van der Waals surface area contributed by atoms with E-state index in [0.717, 1.165) is 77.8 Å². The Morgan fingerprint density at radius 1 is 0.731 bits per heavy atom. The summed E-state index contributed by atoms with van der Waals surface area (Å²) in [5, 5.41) is 6.77. The summed E-state index contributed by atoms with van der Waals surface area (Å²) in [5.41, 5.74) is 26.1. The number of rotatable bonds is 16. The van der Waals surface area contributed by atoms with Gasteiger partial charge in [0.15, 0.2) is 0 Å². The molecule has 1 aromatic carbocycles. The lowest BCUT2D eigenvalue weighted by Gasteiger charge is -2.15. The quantitative estimate of drug-likeness (QED) is 0.231. The predicted molar refractivity (Wildman–Crippen MR) is 112 cm³/mol. The Labute approximate surface area is 159 Å². The average molecular weight is 365 g/mol. The number of hydrogen-bond acceptors (Lipinski definition) is 6. The molecule has 0 radical (unpaired) electrons. The molecule has 0 bridgehead atoms. The second-order valence-corrected chi connectivity index (χ2v) is 7.11. The first-order valence-corrected chi connectivity index (χ1v) is 10.1. The maximum absolute atomic E-state index is 6.27. The highest BCUT2D eigenvalue weighted by Gasteiger charge is 2.07. The second-order valence-electron chi connectivity index (χ2n) is 7.11. The van der Waals surface area contributed by atoms with Gasteiger partial charge in [-0.25, -0.2) is 0 Å². The third-order valence-electron chi connectivity index (χ3n) is 4.49. The van der Waals surface area contributed by atoms with Crippen molar-refractivity contribution in [2.24, 2.45) is 22.9 Å². The molecule has 0 saturated heterocycles. The number of hydrogen-bond donors (Lipinski definition) is 6. The van der Waals surface area contributed by atoms with Crippen LogP contribution in [0.2, 0.25) is 0 Å². The van der Waals surface area contributed by atoms with E-state index in [1.165, 1.54) is 11.1 Å². The van der Waals surface area contributed by atoms with Crippen LogP contribution in [-0.4, -0.2) is 51.4 Å². The van der Waals surface area contributed by atoms with E-state index >= 15 is 0 Å². The molecule has 0 fully saturated rings. The van der Waals surface area contributed by atoms with Gasteiger partial charge in [-0.1, -0.05) is 24.3 Å². The van der Waals surface area contributed by atoms with Crippen molar-refractivity contribution in [2.45, 2.75) is 50.6 Å². The van der Waals surface area contributed by atoms with Gasteiger partial charge in [-0.2, -0.15) is 0 Å². The van der Waals surface area contributed by atoms with Crippen molar-refractivity contribution in [3.63, 3.8) is 0 Å². The van der Waals surface area contributed by atoms with Gasteiger partial charge < -0.3 is 33.6 Å². The predicted octanol–water partition coefficient (Wildman–Crippen LogP) is 0.0832. The SMILES string of the molecule is NCCCNCCC(N)Cc1cccc(CC(N)CCNCCCN)c1. The number of benzene rings is 1. The molecule has 0 aromatic heterocycles. The molecule has 10 N–H and O–H groups in total. The van der Waals surface area contributed by atoms with E-state index < -0.39 is 0 Å². The van der Waals surface area contributed by atoms with Crippen molar-refractivity contribution < 1.29 is 0 Å². The van der Waals surface area contributed by atoms with Crippen molar-refractivity contribution in [1.29, 1.82) is 0 Å². The average Bonchev–Trinajstić information content (AvgIpc) is 2.61. The Morgan fingerprint density at radius 2 is 1.19 bits per heavy atom. The first-order valence-electron chi connectivity index (χ1n) is 10.1. The monoisotopic (exact) mass is 364 g/mol. The fourth-order valence-electron chi connectivity index (χ4n) is 2.97.